The second kappa shape index (κ2) is 3.05. The minimum Gasteiger partial charge on any atom is -0.469 e. The van der Waals surface area contributed by atoms with E-state index in [0.29, 0.717) is 12.1 Å². The number of esters is 1. The van der Waals surface area contributed by atoms with Crippen LogP contribution in [0.5, 0.6) is 0 Å². The number of carbonyl (C=O) groups excluding carboxylic acids is 1. The van der Waals surface area contributed by atoms with Crippen molar-refractivity contribution in [2.24, 2.45) is 5.92 Å². The number of carbonyl (C=O) groups is 1. The van der Waals surface area contributed by atoms with Crippen molar-refractivity contribution in [2.75, 3.05) is 7.11 Å². The molecule has 0 saturated carbocycles. The van der Waals surface area contributed by atoms with Gasteiger partial charge in [-0.1, -0.05) is 0 Å². The molecule has 2 saturated heterocycles. The van der Waals surface area contributed by atoms with Crippen LogP contribution < -0.4 is 5.32 Å². The third-order valence-corrected chi connectivity index (χ3v) is 3.09. The molecule has 0 aliphatic carbocycles. The van der Waals surface area contributed by atoms with Gasteiger partial charge in [-0.25, -0.2) is 0 Å². The maximum Gasteiger partial charge on any atom is 0.310 e. The van der Waals surface area contributed by atoms with Crippen LogP contribution in [0.25, 0.3) is 0 Å². The number of rotatable bonds is 1. The van der Waals surface area contributed by atoms with Gasteiger partial charge in [-0.2, -0.15) is 0 Å². The number of hydrogen-bond donors (Lipinski definition) is 1. The van der Waals surface area contributed by atoms with Gasteiger partial charge in [-0.15, -0.1) is 0 Å². The Morgan fingerprint density at radius 1 is 1.33 bits per heavy atom. The van der Waals surface area contributed by atoms with E-state index in [9.17, 15) is 4.79 Å². The average molecular weight is 169 g/mol. The summed E-state index contributed by atoms with van der Waals surface area (Å²) in [6, 6.07) is 1.08. The molecule has 0 unspecified atom stereocenters. The van der Waals surface area contributed by atoms with Gasteiger partial charge in [0, 0.05) is 12.1 Å². The Labute approximate surface area is 72.5 Å². The monoisotopic (exact) mass is 169 g/mol. The van der Waals surface area contributed by atoms with Crippen LogP contribution >= 0.6 is 0 Å². The molecule has 3 nitrogen and oxygen atoms in total. The summed E-state index contributed by atoms with van der Waals surface area (Å²) in [7, 11) is 1.48. The maximum atomic E-state index is 11.3. The molecule has 68 valence electrons. The Hall–Kier alpha value is -0.570. The molecule has 0 aromatic carbocycles. The van der Waals surface area contributed by atoms with E-state index in [-0.39, 0.29) is 11.9 Å². The lowest BCUT2D eigenvalue weighted by molar-refractivity contribution is -0.147. The van der Waals surface area contributed by atoms with E-state index in [0.717, 1.165) is 19.3 Å². The highest BCUT2D eigenvalue weighted by molar-refractivity contribution is 5.73. The van der Waals surface area contributed by atoms with Gasteiger partial charge in [0.1, 0.15) is 0 Å². The van der Waals surface area contributed by atoms with Gasteiger partial charge in [0.05, 0.1) is 13.0 Å². The molecular weight excluding hydrogens is 154 g/mol. The summed E-state index contributed by atoms with van der Waals surface area (Å²) < 4.78 is 4.76. The van der Waals surface area contributed by atoms with Crippen LogP contribution in [0.3, 0.4) is 0 Å². The largest absolute Gasteiger partial charge is 0.469 e. The van der Waals surface area contributed by atoms with E-state index >= 15 is 0 Å². The topological polar surface area (TPSA) is 38.3 Å². The van der Waals surface area contributed by atoms with Crippen molar-refractivity contribution in [1.82, 2.24) is 5.32 Å². The standard InChI is InChI=1S/C9H15NO2/c1-12-9(11)7-4-2-6-3-5-8(7)10-6/h6-8,10H,2-5H2,1H3/t6-,7-,8-/m0/s1. The van der Waals surface area contributed by atoms with Gasteiger partial charge in [-0.3, -0.25) is 4.79 Å². The van der Waals surface area contributed by atoms with Crippen molar-refractivity contribution in [3.63, 3.8) is 0 Å². The van der Waals surface area contributed by atoms with Crippen LogP contribution in [0.2, 0.25) is 0 Å². The van der Waals surface area contributed by atoms with Crippen LogP contribution in [0, 0.1) is 5.92 Å². The summed E-state index contributed by atoms with van der Waals surface area (Å²) in [5.41, 5.74) is 0. The highest BCUT2D eigenvalue weighted by Gasteiger charge is 2.39. The molecule has 0 radical (unpaired) electrons. The summed E-state index contributed by atoms with van der Waals surface area (Å²) in [4.78, 5) is 11.3. The fourth-order valence-electron chi connectivity index (χ4n) is 2.41. The summed E-state index contributed by atoms with van der Waals surface area (Å²) in [5.74, 6) is 0.0848. The van der Waals surface area contributed by atoms with E-state index < -0.39 is 0 Å². The van der Waals surface area contributed by atoms with Gasteiger partial charge >= 0.3 is 5.97 Å². The zero-order chi connectivity index (χ0) is 8.55. The fraction of sp³-hybridized carbons (Fsp3) is 0.889. The second-order valence-electron chi connectivity index (χ2n) is 3.75. The number of piperidine rings is 1. The zero-order valence-electron chi connectivity index (χ0n) is 7.38. The number of methoxy groups -OCH3 is 1. The summed E-state index contributed by atoms with van der Waals surface area (Å²) >= 11 is 0. The highest BCUT2D eigenvalue weighted by Crippen LogP contribution is 2.31. The van der Waals surface area contributed by atoms with Gasteiger partial charge in [0.15, 0.2) is 0 Å². The molecule has 12 heavy (non-hydrogen) atoms. The van der Waals surface area contributed by atoms with Crippen molar-refractivity contribution in [2.45, 2.75) is 37.8 Å². The van der Waals surface area contributed by atoms with Crippen molar-refractivity contribution in [3.05, 3.63) is 0 Å². The molecular formula is C9H15NO2. The molecule has 2 bridgehead atoms. The lowest BCUT2D eigenvalue weighted by Crippen LogP contribution is -2.43. The normalized spacial score (nSPS) is 39.6. The molecule has 0 spiro atoms. The van der Waals surface area contributed by atoms with Crippen LogP contribution in [0.15, 0.2) is 0 Å². The molecule has 0 amide bonds. The van der Waals surface area contributed by atoms with Crippen LogP contribution in [-0.2, 0) is 9.53 Å². The molecule has 3 heteroatoms. The second-order valence-corrected chi connectivity index (χ2v) is 3.75. The van der Waals surface area contributed by atoms with Crippen molar-refractivity contribution < 1.29 is 9.53 Å². The Balaban J connectivity index is 2.02. The minimum absolute atomic E-state index is 0.0344. The Bertz CT molecular complexity index is 193. The van der Waals surface area contributed by atoms with Crippen LogP contribution in [0.1, 0.15) is 25.7 Å². The first kappa shape index (κ1) is 8.05. The SMILES string of the molecule is COC(=O)[C@H]1CC[C@H]2CC[C@@H]1N2. The third-order valence-electron chi connectivity index (χ3n) is 3.09. The number of ether oxygens (including phenoxy) is 1. The Morgan fingerprint density at radius 3 is 2.83 bits per heavy atom. The Kier molecular flexibility index (Phi) is 2.05. The predicted molar refractivity (Wildman–Crippen MR) is 44.7 cm³/mol. The highest BCUT2D eigenvalue weighted by atomic mass is 16.5. The molecule has 2 aliphatic heterocycles. The first-order valence-electron chi connectivity index (χ1n) is 4.65. The van der Waals surface area contributed by atoms with Crippen molar-refractivity contribution >= 4 is 5.97 Å². The summed E-state index contributed by atoms with van der Waals surface area (Å²) in [6.07, 6.45) is 4.52. The maximum absolute atomic E-state index is 11.3. The zero-order valence-corrected chi connectivity index (χ0v) is 7.38. The molecule has 2 heterocycles. The van der Waals surface area contributed by atoms with Crippen molar-refractivity contribution in [3.8, 4) is 0 Å². The predicted octanol–water partition coefficient (Wildman–Crippen LogP) is 0.690. The fourth-order valence-corrected chi connectivity index (χ4v) is 2.41. The summed E-state index contributed by atoms with van der Waals surface area (Å²) in [6.45, 7) is 0. The minimum atomic E-state index is -0.0344. The van der Waals surface area contributed by atoms with Gasteiger partial charge in [-0.05, 0) is 25.7 Å². The lowest BCUT2D eigenvalue weighted by atomic mass is 9.92. The van der Waals surface area contributed by atoms with Crippen LogP contribution in [-0.4, -0.2) is 25.2 Å². The molecule has 2 fully saturated rings. The Morgan fingerprint density at radius 2 is 2.08 bits per heavy atom. The summed E-state index contributed by atoms with van der Waals surface area (Å²) in [5, 5.41) is 3.45. The third kappa shape index (κ3) is 1.22. The first-order valence-corrected chi connectivity index (χ1v) is 4.65. The molecule has 0 aromatic heterocycles. The molecule has 3 atom stereocenters. The number of fused-ring (bicyclic) bond motifs is 2. The number of hydrogen-bond acceptors (Lipinski definition) is 3. The molecule has 2 rings (SSSR count). The van der Waals surface area contributed by atoms with E-state index in [1.165, 1.54) is 13.5 Å². The average Bonchev–Trinajstić information content (AvgIpc) is 2.47. The smallest absolute Gasteiger partial charge is 0.310 e. The van der Waals surface area contributed by atoms with Gasteiger partial charge < -0.3 is 10.1 Å². The van der Waals surface area contributed by atoms with Gasteiger partial charge in [0.25, 0.3) is 0 Å². The van der Waals surface area contributed by atoms with Crippen molar-refractivity contribution in [1.29, 1.82) is 0 Å². The van der Waals surface area contributed by atoms with E-state index in [2.05, 4.69) is 5.32 Å². The lowest BCUT2D eigenvalue weighted by Gasteiger charge is -2.27. The van der Waals surface area contributed by atoms with Crippen LogP contribution in [0.4, 0.5) is 0 Å². The quantitative estimate of drug-likeness (QED) is 0.587. The van der Waals surface area contributed by atoms with E-state index in [4.69, 9.17) is 4.74 Å². The van der Waals surface area contributed by atoms with E-state index in [1.807, 2.05) is 0 Å². The molecule has 0 aromatic rings. The molecule has 2 aliphatic rings. The number of nitrogens with one attached hydrogen (secondary N) is 1. The van der Waals surface area contributed by atoms with Gasteiger partial charge in [0.2, 0.25) is 0 Å². The van der Waals surface area contributed by atoms with E-state index in [1.54, 1.807) is 0 Å². The molecule has 1 N–H and O–H groups in total. The first-order chi connectivity index (χ1) is 5.81.